The van der Waals surface area contributed by atoms with Gasteiger partial charge in [0.1, 0.15) is 11.5 Å². The van der Waals surface area contributed by atoms with E-state index in [1.165, 1.54) is 6.92 Å². The molecule has 1 rings (SSSR count). The summed E-state index contributed by atoms with van der Waals surface area (Å²) in [6, 6.07) is 1.65. The lowest BCUT2D eigenvalue weighted by molar-refractivity contribution is 0.190. The van der Waals surface area contributed by atoms with Crippen LogP contribution in [0.1, 0.15) is 18.6 Å². The molecule has 0 saturated carbocycles. The van der Waals surface area contributed by atoms with E-state index < -0.39 is 6.10 Å². The molecular weight excluding hydrogens is 398 g/mol. The predicted octanol–water partition coefficient (Wildman–Crippen LogP) is 2.36. The Hall–Kier alpha value is 0.240. The van der Waals surface area contributed by atoms with E-state index in [2.05, 4.69) is 0 Å². The molecule has 1 aromatic carbocycles. The van der Waals surface area contributed by atoms with E-state index in [1.807, 2.05) is 45.2 Å². The first-order chi connectivity index (χ1) is 5.95. The Kier molecular flexibility index (Phi) is 3.64. The Labute approximate surface area is 103 Å². The van der Waals surface area contributed by atoms with Crippen LogP contribution in [0, 0.1) is 7.14 Å². The molecule has 0 aliphatic heterocycles. The molecule has 1 unspecified atom stereocenters. The van der Waals surface area contributed by atoms with Crippen molar-refractivity contribution in [3.63, 3.8) is 0 Å². The topological polar surface area (TPSA) is 60.7 Å². The van der Waals surface area contributed by atoms with E-state index in [0.717, 1.165) is 0 Å². The number of aliphatic hydroxyl groups excluding tert-OH is 1. The summed E-state index contributed by atoms with van der Waals surface area (Å²) in [5, 5.41) is 28.4. The fourth-order valence-corrected chi connectivity index (χ4v) is 2.81. The minimum Gasteiger partial charge on any atom is -0.506 e. The summed E-state index contributed by atoms with van der Waals surface area (Å²) in [5.41, 5.74) is 0.191. The fourth-order valence-electron chi connectivity index (χ4n) is 1.01. The number of aliphatic hydroxyl groups is 1. The second-order valence-electron chi connectivity index (χ2n) is 2.63. The quantitative estimate of drug-likeness (QED) is 0.628. The number of halogens is 2. The molecule has 1 aromatic rings. The summed E-state index contributed by atoms with van der Waals surface area (Å²) in [5.74, 6) is -0.0953. The van der Waals surface area contributed by atoms with Gasteiger partial charge in [0.2, 0.25) is 0 Å². The van der Waals surface area contributed by atoms with Crippen LogP contribution < -0.4 is 0 Å². The maximum atomic E-state index is 9.54. The Balaban J connectivity index is 3.46. The summed E-state index contributed by atoms with van der Waals surface area (Å²) < 4.78 is 1.24. The summed E-state index contributed by atoms with van der Waals surface area (Å²) in [6.07, 6.45) is -0.872. The van der Waals surface area contributed by atoms with Crippen molar-refractivity contribution < 1.29 is 15.3 Å². The molecule has 0 bridgehead atoms. The molecule has 0 amide bonds. The number of rotatable bonds is 1. The standard InChI is InChI=1S/C8H8I2O3/c1-3(11)6-7(12)4(9)2-5(10)8(6)13/h2-3,11-13H,1H3. The van der Waals surface area contributed by atoms with Crippen LogP contribution >= 0.6 is 45.2 Å². The first-order valence-electron chi connectivity index (χ1n) is 3.53. The molecule has 0 aromatic heterocycles. The van der Waals surface area contributed by atoms with E-state index in [0.29, 0.717) is 7.14 Å². The summed E-state index contributed by atoms with van der Waals surface area (Å²) in [7, 11) is 0. The third-order valence-electron chi connectivity index (χ3n) is 1.63. The van der Waals surface area contributed by atoms with E-state index in [9.17, 15) is 15.3 Å². The molecule has 0 aliphatic carbocycles. The molecule has 0 fully saturated rings. The first kappa shape index (κ1) is 11.3. The second-order valence-corrected chi connectivity index (χ2v) is 4.95. The largest absolute Gasteiger partial charge is 0.506 e. The minimum absolute atomic E-state index is 0.0477. The highest BCUT2D eigenvalue weighted by atomic mass is 127. The van der Waals surface area contributed by atoms with Crippen LogP contribution in [0.2, 0.25) is 0 Å². The van der Waals surface area contributed by atoms with Crippen LogP contribution in [0.25, 0.3) is 0 Å². The number of phenols is 2. The van der Waals surface area contributed by atoms with Crippen LogP contribution in [0.15, 0.2) is 6.07 Å². The lowest BCUT2D eigenvalue weighted by Crippen LogP contribution is -1.96. The molecule has 3 nitrogen and oxygen atoms in total. The van der Waals surface area contributed by atoms with Crippen molar-refractivity contribution in [2.24, 2.45) is 0 Å². The van der Waals surface area contributed by atoms with Gasteiger partial charge in [-0.1, -0.05) is 0 Å². The van der Waals surface area contributed by atoms with Crippen molar-refractivity contribution in [1.29, 1.82) is 0 Å². The average molecular weight is 406 g/mol. The Morgan fingerprint density at radius 2 is 1.54 bits per heavy atom. The van der Waals surface area contributed by atoms with E-state index in [-0.39, 0.29) is 17.1 Å². The maximum Gasteiger partial charge on any atom is 0.138 e. The molecule has 1 atom stereocenters. The lowest BCUT2D eigenvalue weighted by Gasteiger charge is -2.12. The van der Waals surface area contributed by atoms with Crippen molar-refractivity contribution >= 4 is 45.2 Å². The number of benzene rings is 1. The highest BCUT2D eigenvalue weighted by Gasteiger charge is 2.18. The summed E-state index contributed by atoms with van der Waals surface area (Å²) in [4.78, 5) is 0. The molecular formula is C8H8I2O3. The number of hydrogen-bond acceptors (Lipinski definition) is 3. The molecule has 0 saturated heterocycles. The van der Waals surface area contributed by atoms with Crippen molar-refractivity contribution in [2.75, 3.05) is 0 Å². The van der Waals surface area contributed by atoms with Crippen LogP contribution in [-0.2, 0) is 0 Å². The van der Waals surface area contributed by atoms with Gasteiger partial charge in [-0.25, -0.2) is 0 Å². The smallest absolute Gasteiger partial charge is 0.138 e. The SMILES string of the molecule is CC(O)c1c(O)c(I)cc(I)c1O. The number of aromatic hydroxyl groups is 2. The zero-order valence-corrected chi connectivity index (χ0v) is 11.1. The van der Waals surface area contributed by atoms with Crippen molar-refractivity contribution in [3.8, 4) is 11.5 Å². The third-order valence-corrected chi connectivity index (χ3v) is 3.28. The lowest BCUT2D eigenvalue weighted by atomic mass is 10.1. The van der Waals surface area contributed by atoms with Gasteiger partial charge >= 0.3 is 0 Å². The Morgan fingerprint density at radius 3 is 1.85 bits per heavy atom. The predicted molar refractivity (Wildman–Crippen MR) is 65.8 cm³/mol. The monoisotopic (exact) mass is 406 g/mol. The normalized spacial score (nSPS) is 12.9. The molecule has 5 heteroatoms. The second kappa shape index (κ2) is 4.18. The molecule has 3 N–H and O–H groups in total. The van der Waals surface area contributed by atoms with E-state index in [1.54, 1.807) is 6.07 Å². The van der Waals surface area contributed by atoms with Gasteiger partial charge in [0, 0.05) is 0 Å². The zero-order chi connectivity index (χ0) is 10.2. The molecule has 13 heavy (non-hydrogen) atoms. The maximum absolute atomic E-state index is 9.54. The first-order valence-corrected chi connectivity index (χ1v) is 5.68. The van der Waals surface area contributed by atoms with Crippen LogP contribution in [0.4, 0.5) is 0 Å². The minimum atomic E-state index is -0.872. The number of hydrogen-bond donors (Lipinski definition) is 3. The zero-order valence-electron chi connectivity index (χ0n) is 6.75. The van der Waals surface area contributed by atoms with Crippen LogP contribution in [-0.4, -0.2) is 15.3 Å². The van der Waals surface area contributed by atoms with Crippen LogP contribution in [0.5, 0.6) is 11.5 Å². The van der Waals surface area contributed by atoms with Gasteiger partial charge in [-0.3, -0.25) is 0 Å². The van der Waals surface area contributed by atoms with Crippen LogP contribution in [0.3, 0.4) is 0 Å². The van der Waals surface area contributed by atoms with Gasteiger partial charge in [0.15, 0.2) is 0 Å². The number of phenolic OH excluding ortho intramolecular Hbond substituents is 2. The summed E-state index contributed by atoms with van der Waals surface area (Å²) in [6.45, 7) is 1.50. The highest BCUT2D eigenvalue weighted by molar-refractivity contribution is 14.1. The molecule has 0 heterocycles. The fraction of sp³-hybridized carbons (Fsp3) is 0.250. The molecule has 0 aliphatic rings. The van der Waals surface area contributed by atoms with E-state index in [4.69, 9.17) is 0 Å². The van der Waals surface area contributed by atoms with Gasteiger partial charge in [0.05, 0.1) is 18.8 Å². The van der Waals surface area contributed by atoms with Gasteiger partial charge in [0.25, 0.3) is 0 Å². The molecule has 0 radical (unpaired) electrons. The Bertz CT molecular complexity index is 310. The van der Waals surface area contributed by atoms with Crippen molar-refractivity contribution in [2.45, 2.75) is 13.0 Å². The average Bonchev–Trinajstić information content (AvgIpc) is 2.01. The summed E-state index contributed by atoms with van der Waals surface area (Å²) >= 11 is 3.90. The Morgan fingerprint density at radius 1 is 1.15 bits per heavy atom. The van der Waals surface area contributed by atoms with Gasteiger partial charge in [-0.05, 0) is 58.2 Å². The van der Waals surface area contributed by atoms with Gasteiger partial charge in [-0.15, -0.1) is 0 Å². The third kappa shape index (κ3) is 2.18. The van der Waals surface area contributed by atoms with Gasteiger partial charge < -0.3 is 15.3 Å². The van der Waals surface area contributed by atoms with Crippen molar-refractivity contribution in [3.05, 3.63) is 18.8 Å². The highest BCUT2D eigenvalue weighted by Crippen LogP contribution is 2.39. The van der Waals surface area contributed by atoms with Crippen molar-refractivity contribution in [1.82, 2.24) is 0 Å². The molecule has 0 spiro atoms. The van der Waals surface area contributed by atoms with Gasteiger partial charge in [-0.2, -0.15) is 0 Å². The molecule has 72 valence electrons. The van der Waals surface area contributed by atoms with E-state index >= 15 is 0 Å².